The molecule has 3 rings (SSSR count). The van der Waals surface area contributed by atoms with Crippen molar-refractivity contribution in [3.05, 3.63) is 36.8 Å². The summed E-state index contributed by atoms with van der Waals surface area (Å²) in [6.07, 6.45) is 9.26. The van der Waals surface area contributed by atoms with E-state index >= 15 is 0 Å². The van der Waals surface area contributed by atoms with Crippen molar-refractivity contribution < 1.29 is 14.3 Å². The van der Waals surface area contributed by atoms with Gasteiger partial charge in [0.1, 0.15) is 18.8 Å². The zero-order valence-corrected chi connectivity index (χ0v) is 15.6. The maximum Gasteiger partial charge on any atom is 0.248 e. The minimum Gasteiger partial charge on any atom is -0.385 e. The number of carbonyl (C=O) groups excluding carboxylic acids is 1. The van der Waals surface area contributed by atoms with Gasteiger partial charge >= 0.3 is 0 Å². The van der Waals surface area contributed by atoms with Crippen molar-refractivity contribution in [2.24, 2.45) is 0 Å². The molecule has 144 valence electrons. The molecule has 0 aromatic carbocycles. The molecule has 1 aliphatic rings. The number of piperidine rings is 1. The van der Waals surface area contributed by atoms with Crippen LogP contribution in [0.1, 0.15) is 31.0 Å². The Labute approximate surface area is 159 Å². The average molecular weight is 371 g/mol. The standard InChI is InChI=1S/C19H25N5O3/c1-26-9-2-10-27-13-18(25)24-7-4-15(5-8-24)19-22-6-3-17(23-19)16-11-20-14-21-12-16/h3,6,11-12,14-15H,2,4-5,7-10,13H2,1H3. The molecule has 0 atom stereocenters. The van der Waals surface area contributed by atoms with Crippen LogP contribution in [-0.2, 0) is 14.3 Å². The van der Waals surface area contributed by atoms with Crippen LogP contribution in [0.25, 0.3) is 11.3 Å². The minimum atomic E-state index is 0.0435. The number of nitrogens with zero attached hydrogens (tertiary/aromatic N) is 5. The van der Waals surface area contributed by atoms with Crippen LogP contribution in [0.2, 0.25) is 0 Å². The van der Waals surface area contributed by atoms with Crippen LogP contribution in [-0.4, -0.2) is 70.8 Å². The lowest BCUT2D eigenvalue weighted by molar-refractivity contribution is -0.137. The van der Waals surface area contributed by atoms with Crippen molar-refractivity contribution in [2.75, 3.05) is 40.0 Å². The Bertz CT molecular complexity index is 720. The lowest BCUT2D eigenvalue weighted by Gasteiger charge is -2.31. The zero-order chi connectivity index (χ0) is 18.9. The second kappa shape index (κ2) is 10.0. The second-order valence-corrected chi connectivity index (χ2v) is 6.48. The zero-order valence-electron chi connectivity index (χ0n) is 15.6. The Hall–Kier alpha value is -2.45. The Balaban J connectivity index is 1.50. The highest BCUT2D eigenvalue weighted by Crippen LogP contribution is 2.26. The van der Waals surface area contributed by atoms with Gasteiger partial charge in [-0.25, -0.2) is 19.9 Å². The van der Waals surface area contributed by atoms with Crippen LogP contribution in [0, 0.1) is 0 Å². The summed E-state index contributed by atoms with van der Waals surface area (Å²) in [6.45, 7) is 2.72. The van der Waals surface area contributed by atoms with E-state index in [1.807, 2.05) is 11.0 Å². The van der Waals surface area contributed by atoms with Gasteiger partial charge < -0.3 is 14.4 Å². The largest absolute Gasteiger partial charge is 0.385 e. The molecule has 8 heteroatoms. The fraction of sp³-hybridized carbons (Fsp3) is 0.526. The molecule has 0 saturated carbocycles. The second-order valence-electron chi connectivity index (χ2n) is 6.48. The number of rotatable bonds is 8. The summed E-state index contributed by atoms with van der Waals surface area (Å²) >= 11 is 0. The molecule has 1 saturated heterocycles. The number of hydrogen-bond acceptors (Lipinski definition) is 7. The maximum atomic E-state index is 12.2. The summed E-state index contributed by atoms with van der Waals surface area (Å²) in [5.41, 5.74) is 1.70. The van der Waals surface area contributed by atoms with E-state index in [1.165, 1.54) is 6.33 Å². The molecular weight excluding hydrogens is 346 g/mol. The van der Waals surface area contributed by atoms with Gasteiger partial charge in [0.05, 0.1) is 5.69 Å². The molecule has 0 spiro atoms. The van der Waals surface area contributed by atoms with E-state index in [1.54, 1.807) is 25.7 Å². The molecule has 2 aromatic rings. The molecule has 0 unspecified atom stereocenters. The summed E-state index contributed by atoms with van der Waals surface area (Å²) in [6, 6.07) is 1.86. The molecule has 1 fully saturated rings. The van der Waals surface area contributed by atoms with Crippen molar-refractivity contribution in [1.82, 2.24) is 24.8 Å². The molecule has 1 aliphatic heterocycles. The Morgan fingerprint density at radius 2 is 2.00 bits per heavy atom. The van der Waals surface area contributed by atoms with Crippen molar-refractivity contribution in [3.8, 4) is 11.3 Å². The highest BCUT2D eigenvalue weighted by atomic mass is 16.5. The smallest absolute Gasteiger partial charge is 0.248 e. The first-order valence-electron chi connectivity index (χ1n) is 9.20. The predicted molar refractivity (Wildman–Crippen MR) is 98.9 cm³/mol. The maximum absolute atomic E-state index is 12.2. The number of methoxy groups -OCH3 is 1. The number of likely N-dealkylation sites (tertiary alicyclic amines) is 1. The van der Waals surface area contributed by atoms with Crippen LogP contribution < -0.4 is 0 Å². The number of carbonyl (C=O) groups is 1. The molecule has 27 heavy (non-hydrogen) atoms. The molecule has 0 bridgehead atoms. The van der Waals surface area contributed by atoms with Crippen molar-refractivity contribution >= 4 is 5.91 Å². The van der Waals surface area contributed by atoms with E-state index in [9.17, 15) is 4.79 Å². The van der Waals surface area contributed by atoms with Crippen LogP contribution in [0.5, 0.6) is 0 Å². The number of aromatic nitrogens is 4. The molecule has 8 nitrogen and oxygen atoms in total. The monoisotopic (exact) mass is 371 g/mol. The van der Waals surface area contributed by atoms with Gasteiger partial charge in [0.15, 0.2) is 0 Å². The summed E-state index contributed by atoms with van der Waals surface area (Å²) in [4.78, 5) is 31.3. The Morgan fingerprint density at radius 3 is 2.74 bits per heavy atom. The molecule has 0 N–H and O–H groups in total. The molecule has 1 amide bonds. The molecule has 0 radical (unpaired) electrons. The summed E-state index contributed by atoms with van der Waals surface area (Å²) in [7, 11) is 1.66. The van der Waals surface area contributed by atoms with Gasteiger partial charge in [0, 0.05) is 63.5 Å². The summed E-state index contributed by atoms with van der Waals surface area (Å²) < 4.78 is 10.4. The molecule has 2 aromatic heterocycles. The molecule has 3 heterocycles. The van der Waals surface area contributed by atoms with Crippen LogP contribution in [0.15, 0.2) is 31.0 Å². The van der Waals surface area contributed by atoms with Crippen LogP contribution in [0.3, 0.4) is 0 Å². The van der Waals surface area contributed by atoms with Gasteiger partial charge in [0.2, 0.25) is 5.91 Å². The third kappa shape index (κ3) is 5.51. The van der Waals surface area contributed by atoms with E-state index in [2.05, 4.69) is 19.9 Å². The van der Waals surface area contributed by atoms with E-state index in [4.69, 9.17) is 9.47 Å². The third-order valence-corrected chi connectivity index (χ3v) is 4.61. The normalized spacial score (nSPS) is 15.1. The van der Waals surface area contributed by atoms with Gasteiger partial charge in [-0.2, -0.15) is 0 Å². The topological polar surface area (TPSA) is 90.3 Å². The van der Waals surface area contributed by atoms with Gasteiger partial charge in [-0.3, -0.25) is 4.79 Å². The quantitative estimate of drug-likeness (QED) is 0.652. The van der Waals surface area contributed by atoms with Crippen molar-refractivity contribution in [2.45, 2.75) is 25.2 Å². The predicted octanol–water partition coefficient (Wildman–Crippen LogP) is 1.69. The number of hydrogen-bond donors (Lipinski definition) is 0. The molecule has 0 aliphatic carbocycles. The fourth-order valence-corrected chi connectivity index (χ4v) is 3.11. The van der Waals surface area contributed by atoms with E-state index in [-0.39, 0.29) is 18.4 Å². The van der Waals surface area contributed by atoms with Gasteiger partial charge in [0.25, 0.3) is 0 Å². The van der Waals surface area contributed by atoms with Gasteiger partial charge in [-0.15, -0.1) is 0 Å². The Kier molecular flexibility index (Phi) is 7.18. The first kappa shape index (κ1) is 19.3. The van der Waals surface area contributed by atoms with Crippen molar-refractivity contribution in [1.29, 1.82) is 0 Å². The average Bonchev–Trinajstić information content (AvgIpc) is 2.74. The SMILES string of the molecule is COCCCOCC(=O)N1CCC(c2nccc(-c3cncnc3)n2)CC1. The highest BCUT2D eigenvalue weighted by molar-refractivity contribution is 5.77. The van der Waals surface area contributed by atoms with Crippen LogP contribution >= 0.6 is 0 Å². The number of ether oxygens (including phenoxy) is 2. The summed E-state index contributed by atoms with van der Waals surface area (Å²) in [5.74, 6) is 1.11. The van der Waals surface area contributed by atoms with Gasteiger partial charge in [-0.1, -0.05) is 0 Å². The lowest BCUT2D eigenvalue weighted by Crippen LogP contribution is -2.40. The minimum absolute atomic E-state index is 0.0435. The number of amides is 1. The summed E-state index contributed by atoms with van der Waals surface area (Å²) in [5, 5.41) is 0. The first-order valence-corrected chi connectivity index (χ1v) is 9.20. The highest BCUT2D eigenvalue weighted by Gasteiger charge is 2.25. The van der Waals surface area contributed by atoms with Crippen molar-refractivity contribution in [3.63, 3.8) is 0 Å². The third-order valence-electron chi connectivity index (χ3n) is 4.61. The lowest BCUT2D eigenvalue weighted by atomic mass is 9.95. The van der Waals surface area contributed by atoms with Gasteiger partial charge in [-0.05, 0) is 25.3 Å². The first-order chi connectivity index (χ1) is 13.3. The van der Waals surface area contributed by atoms with E-state index in [0.29, 0.717) is 26.3 Å². The Morgan fingerprint density at radius 1 is 1.22 bits per heavy atom. The van der Waals surface area contributed by atoms with Crippen LogP contribution in [0.4, 0.5) is 0 Å². The van der Waals surface area contributed by atoms with E-state index < -0.39 is 0 Å². The fourth-order valence-electron chi connectivity index (χ4n) is 3.11. The molecular formula is C19H25N5O3. The van der Waals surface area contributed by atoms with E-state index in [0.717, 1.165) is 36.3 Å².